The smallest absolute Gasteiger partial charge is 0.308 e. The van der Waals surface area contributed by atoms with E-state index in [-0.39, 0.29) is 17.7 Å². The van der Waals surface area contributed by atoms with Crippen molar-refractivity contribution < 1.29 is 23.2 Å². The van der Waals surface area contributed by atoms with Crippen LogP contribution in [0.15, 0.2) is 22.7 Å². The fourth-order valence-corrected chi connectivity index (χ4v) is 1.61. The third-order valence-corrected chi connectivity index (χ3v) is 2.49. The Morgan fingerprint density at radius 2 is 2.11 bits per heavy atom. The molecule has 0 aliphatic heterocycles. The van der Waals surface area contributed by atoms with E-state index in [1.807, 2.05) is 0 Å². The maximum atomic E-state index is 13.1. The molecule has 0 aliphatic rings. The van der Waals surface area contributed by atoms with Gasteiger partial charge in [-0.25, -0.2) is 8.78 Å². The molecule has 0 unspecified atom stereocenters. The Morgan fingerprint density at radius 1 is 1.39 bits per heavy atom. The van der Waals surface area contributed by atoms with E-state index >= 15 is 0 Å². The van der Waals surface area contributed by atoms with Gasteiger partial charge in [0.25, 0.3) is 0 Å². The zero-order valence-corrected chi connectivity index (χ0v) is 9.41. The minimum Gasteiger partial charge on any atom is -0.481 e. The van der Waals surface area contributed by atoms with Crippen molar-refractivity contribution in [3.63, 3.8) is 0 Å². The number of carboxylic acids is 1. The van der Waals surface area contributed by atoms with Gasteiger partial charge < -0.3 is 9.63 Å². The van der Waals surface area contributed by atoms with E-state index in [0.717, 1.165) is 12.1 Å². The highest BCUT2D eigenvalue weighted by molar-refractivity contribution is 5.75. The Labute approximate surface area is 101 Å². The van der Waals surface area contributed by atoms with Crippen LogP contribution in [0.25, 0.3) is 11.3 Å². The van der Waals surface area contributed by atoms with Gasteiger partial charge in [0.1, 0.15) is 0 Å². The third kappa shape index (κ3) is 2.22. The summed E-state index contributed by atoms with van der Waals surface area (Å²) in [5.41, 5.74) is 1.02. The van der Waals surface area contributed by atoms with E-state index in [4.69, 9.17) is 9.63 Å². The minimum atomic E-state index is -1.05. The highest BCUT2D eigenvalue weighted by Crippen LogP contribution is 2.27. The van der Waals surface area contributed by atoms with Gasteiger partial charge in [0.05, 0.1) is 12.1 Å². The van der Waals surface area contributed by atoms with Gasteiger partial charge in [0.15, 0.2) is 17.4 Å². The molecule has 1 heterocycles. The average molecular weight is 253 g/mol. The Bertz CT molecular complexity index is 607. The summed E-state index contributed by atoms with van der Waals surface area (Å²) in [5.74, 6) is -2.91. The molecule has 2 aromatic rings. The van der Waals surface area contributed by atoms with Crippen LogP contribution in [0.4, 0.5) is 8.78 Å². The largest absolute Gasteiger partial charge is 0.481 e. The summed E-state index contributed by atoms with van der Waals surface area (Å²) in [6.07, 6.45) is -0.288. The fraction of sp³-hybridized carbons (Fsp3) is 0.167. The number of rotatable bonds is 3. The van der Waals surface area contributed by atoms with Crippen molar-refractivity contribution in [2.24, 2.45) is 0 Å². The van der Waals surface area contributed by atoms with Gasteiger partial charge in [-0.3, -0.25) is 4.79 Å². The first-order valence-electron chi connectivity index (χ1n) is 5.11. The number of aromatic nitrogens is 1. The first-order valence-corrected chi connectivity index (χ1v) is 5.11. The van der Waals surface area contributed by atoms with Crippen molar-refractivity contribution in [1.82, 2.24) is 5.16 Å². The van der Waals surface area contributed by atoms with Crippen LogP contribution in [0, 0.1) is 18.6 Å². The van der Waals surface area contributed by atoms with Gasteiger partial charge in [-0.2, -0.15) is 0 Å². The maximum Gasteiger partial charge on any atom is 0.308 e. The van der Waals surface area contributed by atoms with E-state index in [1.165, 1.54) is 6.07 Å². The monoisotopic (exact) mass is 253 g/mol. The van der Waals surface area contributed by atoms with Crippen LogP contribution in [0.1, 0.15) is 11.3 Å². The van der Waals surface area contributed by atoms with Gasteiger partial charge >= 0.3 is 5.97 Å². The number of aliphatic carboxylic acids is 1. The standard InChI is InChI=1S/C12H9F2NO3/c1-6-8(5-11(16)17)12(18-15-6)7-2-3-9(13)10(14)4-7/h2-4H,5H2,1H3,(H,16,17). The number of carboxylic acid groups (broad SMARTS) is 1. The van der Waals surface area contributed by atoms with Crippen molar-refractivity contribution in [2.75, 3.05) is 0 Å². The summed E-state index contributed by atoms with van der Waals surface area (Å²) in [4.78, 5) is 10.7. The van der Waals surface area contributed by atoms with Crippen molar-refractivity contribution >= 4 is 5.97 Å². The van der Waals surface area contributed by atoms with Crippen molar-refractivity contribution in [2.45, 2.75) is 13.3 Å². The SMILES string of the molecule is Cc1noc(-c2ccc(F)c(F)c2)c1CC(=O)O. The second kappa shape index (κ2) is 4.56. The molecule has 0 radical (unpaired) electrons. The van der Waals surface area contributed by atoms with Crippen LogP contribution in [-0.4, -0.2) is 16.2 Å². The summed E-state index contributed by atoms with van der Waals surface area (Å²) < 4.78 is 30.9. The summed E-state index contributed by atoms with van der Waals surface area (Å²) in [6, 6.07) is 3.21. The van der Waals surface area contributed by atoms with Gasteiger partial charge in [0, 0.05) is 11.1 Å². The second-order valence-corrected chi connectivity index (χ2v) is 3.78. The molecule has 2 rings (SSSR count). The van der Waals surface area contributed by atoms with Gasteiger partial charge in [-0.1, -0.05) is 5.16 Å². The molecule has 0 spiro atoms. The first kappa shape index (κ1) is 12.2. The van der Waals surface area contributed by atoms with Crippen LogP contribution in [-0.2, 0) is 11.2 Å². The van der Waals surface area contributed by atoms with Crippen molar-refractivity contribution in [3.8, 4) is 11.3 Å². The number of hydrogen-bond donors (Lipinski definition) is 1. The molecule has 18 heavy (non-hydrogen) atoms. The molecule has 1 N–H and O–H groups in total. The zero-order chi connectivity index (χ0) is 13.3. The Balaban J connectivity index is 2.50. The van der Waals surface area contributed by atoms with Gasteiger partial charge in [0.2, 0.25) is 0 Å². The number of aryl methyl sites for hydroxylation is 1. The molecule has 0 saturated carbocycles. The van der Waals surface area contributed by atoms with Crippen LogP contribution in [0.2, 0.25) is 0 Å². The molecule has 4 nitrogen and oxygen atoms in total. The van der Waals surface area contributed by atoms with E-state index in [0.29, 0.717) is 11.3 Å². The highest BCUT2D eigenvalue weighted by Gasteiger charge is 2.18. The molecule has 0 atom stereocenters. The van der Waals surface area contributed by atoms with Crippen molar-refractivity contribution in [1.29, 1.82) is 0 Å². The van der Waals surface area contributed by atoms with Gasteiger partial charge in [-0.15, -0.1) is 0 Å². The molecule has 1 aromatic heterocycles. The molecule has 0 saturated heterocycles. The van der Waals surface area contributed by atoms with Gasteiger partial charge in [-0.05, 0) is 25.1 Å². The Morgan fingerprint density at radius 3 is 2.72 bits per heavy atom. The normalized spacial score (nSPS) is 10.6. The number of nitrogens with zero attached hydrogens (tertiary/aromatic N) is 1. The molecule has 1 aromatic carbocycles. The number of halogens is 2. The average Bonchev–Trinajstić information content (AvgIpc) is 2.64. The van der Waals surface area contributed by atoms with Crippen LogP contribution in [0.3, 0.4) is 0 Å². The minimum absolute atomic E-state index is 0.147. The van der Waals surface area contributed by atoms with E-state index in [2.05, 4.69) is 5.16 Å². The summed E-state index contributed by atoms with van der Waals surface area (Å²) >= 11 is 0. The van der Waals surface area contributed by atoms with Crippen molar-refractivity contribution in [3.05, 3.63) is 41.1 Å². The molecular weight excluding hydrogens is 244 g/mol. The predicted octanol–water partition coefficient (Wildman–Crippen LogP) is 2.56. The maximum absolute atomic E-state index is 13.1. The Hall–Kier alpha value is -2.24. The lowest BCUT2D eigenvalue weighted by atomic mass is 10.0. The number of hydrogen-bond acceptors (Lipinski definition) is 3. The lowest BCUT2D eigenvalue weighted by molar-refractivity contribution is -0.136. The highest BCUT2D eigenvalue weighted by atomic mass is 19.2. The molecule has 94 valence electrons. The molecule has 0 bridgehead atoms. The van der Waals surface area contributed by atoms with Crippen LogP contribution in [0.5, 0.6) is 0 Å². The van der Waals surface area contributed by atoms with E-state index < -0.39 is 17.6 Å². The van der Waals surface area contributed by atoms with E-state index in [9.17, 15) is 13.6 Å². The summed E-state index contributed by atoms with van der Waals surface area (Å²) in [6.45, 7) is 1.59. The van der Waals surface area contributed by atoms with Crippen LogP contribution >= 0.6 is 0 Å². The third-order valence-electron chi connectivity index (χ3n) is 2.49. The topological polar surface area (TPSA) is 63.3 Å². The van der Waals surface area contributed by atoms with E-state index in [1.54, 1.807) is 6.92 Å². The first-order chi connectivity index (χ1) is 8.49. The molecule has 0 amide bonds. The second-order valence-electron chi connectivity index (χ2n) is 3.78. The zero-order valence-electron chi connectivity index (χ0n) is 9.41. The molecule has 0 fully saturated rings. The lowest BCUT2D eigenvalue weighted by Crippen LogP contribution is -2.02. The fourth-order valence-electron chi connectivity index (χ4n) is 1.61. The summed E-state index contributed by atoms with van der Waals surface area (Å²) in [7, 11) is 0. The molecule has 6 heteroatoms. The molecular formula is C12H9F2NO3. The number of carbonyl (C=O) groups is 1. The Kier molecular flexibility index (Phi) is 3.10. The lowest BCUT2D eigenvalue weighted by Gasteiger charge is -2.01. The summed E-state index contributed by atoms with van der Waals surface area (Å²) in [5, 5.41) is 12.4. The molecule has 0 aliphatic carbocycles. The number of benzene rings is 1. The van der Waals surface area contributed by atoms with Crippen LogP contribution < -0.4 is 0 Å². The predicted molar refractivity (Wildman–Crippen MR) is 57.9 cm³/mol. The quantitative estimate of drug-likeness (QED) is 0.913.